The first-order valence-corrected chi connectivity index (χ1v) is 9.43. The Hall–Kier alpha value is -0.263. The van der Waals surface area contributed by atoms with E-state index in [-0.39, 0.29) is 5.41 Å². The number of hydrogen-bond donors (Lipinski definition) is 1. The van der Waals surface area contributed by atoms with Crippen LogP contribution in [0.1, 0.15) is 39.5 Å². The van der Waals surface area contributed by atoms with Gasteiger partial charge in [-0.05, 0) is 19.3 Å². The van der Waals surface area contributed by atoms with Gasteiger partial charge in [-0.3, -0.25) is 0 Å². The maximum Gasteiger partial charge on any atom is 0.129 e. The number of rotatable bonds is 0. The standard InChI is InChI=1S/C13H24OSi/c1-12(2)8-6-7-9-13(12,14)10-11-15(3,4)5/h14H,6-9H2,1-5H3. The Morgan fingerprint density at radius 1 is 1.07 bits per heavy atom. The molecular weight excluding hydrogens is 200 g/mol. The van der Waals surface area contributed by atoms with Crippen LogP contribution in [-0.2, 0) is 0 Å². The molecule has 0 aromatic heterocycles. The van der Waals surface area contributed by atoms with Crippen molar-refractivity contribution >= 4 is 8.07 Å². The Morgan fingerprint density at radius 3 is 2.07 bits per heavy atom. The number of hydrogen-bond acceptors (Lipinski definition) is 1. The van der Waals surface area contributed by atoms with Crippen molar-refractivity contribution in [3.63, 3.8) is 0 Å². The van der Waals surface area contributed by atoms with Crippen LogP contribution in [0.15, 0.2) is 0 Å². The van der Waals surface area contributed by atoms with Gasteiger partial charge in [0.25, 0.3) is 0 Å². The Labute approximate surface area is 95.3 Å². The van der Waals surface area contributed by atoms with Gasteiger partial charge in [0.15, 0.2) is 0 Å². The van der Waals surface area contributed by atoms with Crippen molar-refractivity contribution in [1.82, 2.24) is 0 Å². The summed E-state index contributed by atoms with van der Waals surface area (Å²) in [6, 6.07) is 0. The van der Waals surface area contributed by atoms with Crippen LogP contribution >= 0.6 is 0 Å². The maximum absolute atomic E-state index is 10.6. The molecule has 1 N–H and O–H groups in total. The number of aliphatic hydroxyl groups is 1. The lowest BCUT2D eigenvalue weighted by atomic mass is 9.66. The molecule has 2 heteroatoms. The van der Waals surface area contributed by atoms with Gasteiger partial charge in [0.05, 0.1) is 0 Å². The zero-order chi connectivity index (χ0) is 11.7. The SMILES string of the molecule is CC1(C)CCCCC1(O)C#C[Si](C)(C)C. The highest BCUT2D eigenvalue weighted by molar-refractivity contribution is 6.83. The van der Waals surface area contributed by atoms with Gasteiger partial charge in [-0.2, -0.15) is 0 Å². The summed E-state index contributed by atoms with van der Waals surface area (Å²) in [5.41, 5.74) is 2.54. The van der Waals surface area contributed by atoms with Gasteiger partial charge in [0, 0.05) is 5.41 Å². The van der Waals surface area contributed by atoms with Gasteiger partial charge in [0.2, 0.25) is 0 Å². The van der Waals surface area contributed by atoms with Crippen LogP contribution in [0.2, 0.25) is 19.6 Å². The lowest BCUT2D eigenvalue weighted by Gasteiger charge is -2.43. The molecule has 1 saturated carbocycles. The van der Waals surface area contributed by atoms with Crippen molar-refractivity contribution in [2.75, 3.05) is 0 Å². The Bertz CT molecular complexity index is 290. The molecule has 1 aliphatic rings. The van der Waals surface area contributed by atoms with E-state index in [1.165, 1.54) is 6.42 Å². The fourth-order valence-electron chi connectivity index (χ4n) is 2.02. The topological polar surface area (TPSA) is 20.2 Å². The molecule has 0 bridgehead atoms. The smallest absolute Gasteiger partial charge is 0.129 e. The van der Waals surface area contributed by atoms with Crippen LogP contribution in [0.4, 0.5) is 0 Å². The normalized spacial score (nSPS) is 30.5. The van der Waals surface area contributed by atoms with Gasteiger partial charge < -0.3 is 5.11 Å². The van der Waals surface area contributed by atoms with E-state index >= 15 is 0 Å². The summed E-state index contributed by atoms with van der Waals surface area (Å²) in [6.45, 7) is 11.0. The molecule has 0 saturated heterocycles. The molecular formula is C13H24OSi. The van der Waals surface area contributed by atoms with Gasteiger partial charge in [-0.25, -0.2) is 0 Å². The third kappa shape index (κ3) is 3.09. The molecule has 0 heterocycles. The molecule has 1 rings (SSSR count). The third-order valence-corrected chi connectivity index (χ3v) is 4.23. The third-order valence-electron chi connectivity index (χ3n) is 3.35. The predicted molar refractivity (Wildman–Crippen MR) is 68.3 cm³/mol. The molecule has 1 nitrogen and oxygen atoms in total. The molecule has 15 heavy (non-hydrogen) atoms. The Morgan fingerprint density at radius 2 is 1.60 bits per heavy atom. The summed E-state index contributed by atoms with van der Waals surface area (Å²) in [4.78, 5) is 0. The minimum Gasteiger partial charge on any atom is -0.377 e. The van der Waals surface area contributed by atoms with Gasteiger partial charge >= 0.3 is 0 Å². The summed E-state index contributed by atoms with van der Waals surface area (Å²) in [6.07, 6.45) is 4.27. The van der Waals surface area contributed by atoms with E-state index in [0.717, 1.165) is 19.3 Å². The van der Waals surface area contributed by atoms with Gasteiger partial charge in [-0.1, -0.05) is 45.8 Å². The lowest BCUT2D eigenvalue weighted by Crippen LogP contribution is -2.46. The summed E-state index contributed by atoms with van der Waals surface area (Å²) in [5.74, 6) is 3.20. The second-order valence-electron chi connectivity index (χ2n) is 6.45. The Balaban J connectivity index is 2.92. The van der Waals surface area contributed by atoms with Crippen LogP contribution < -0.4 is 0 Å². The molecule has 0 aliphatic heterocycles. The van der Waals surface area contributed by atoms with Crippen molar-refractivity contribution in [3.8, 4) is 11.5 Å². The highest BCUT2D eigenvalue weighted by Crippen LogP contribution is 2.43. The molecule has 0 aromatic carbocycles. The van der Waals surface area contributed by atoms with E-state index in [2.05, 4.69) is 45.0 Å². The van der Waals surface area contributed by atoms with E-state index in [4.69, 9.17) is 0 Å². The molecule has 86 valence electrons. The fourth-order valence-corrected chi connectivity index (χ4v) is 2.60. The van der Waals surface area contributed by atoms with Crippen LogP contribution in [-0.4, -0.2) is 18.8 Å². The summed E-state index contributed by atoms with van der Waals surface area (Å²) < 4.78 is 0. The minimum absolute atomic E-state index is 0.0437. The maximum atomic E-state index is 10.6. The monoisotopic (exact) mass is 224 g/mol. The average Bonchev–Trinajstić information content (AvgIpc) is 2.06. The van der Waals surface area contributed by atoms with E-state index in [1.54, 1.807) is 0 Å². The minimum atomic E-state index is -1.37. The fraction of sp³-hybridized carbons (Fsp3) is 0.846. The van der Waals surface area contributed by atoms with E-state index in [9.17, 15) is 5.11 Å². The quantitative estimate of drug-likeness (QED) is 0.495. The van der Waals surface area contributed by atoms with E-state index in [0.29, 0.717) is 0 Å². The van der Waals surface area contributed by atoms with Crippen molar-refractivity contribution < 1.29 is 5.11 Å². The van der Waals surface area contributed by atoms with Crippen LogP contribution in [0.5, 0.6) is 0 Å². The first-order chi connectivity index (χ1) is 6.66. The highest BCUT2D eigenvalue weighted by Gasteiger charge is 2.43. The van der Waals surface area contributed by atoms with Crippen molar-refractivity contribution in [2.24, 2.45) is 5.41 Å². The largest absolute Gasteiger partial charge is 0.377 e. The van der Waals surface area contributed by atoms with Crippen LogP contribution in [0, 0.1) is 16.9 Å². The second-order valence-corrected chi connectivity index (χ2v) is 11.2. The van der Waals surface area contributed by atoms with Crippen molar-refractivity contribution in [1.29, 1.82) is 0 Å². The zero-order valence-corrected chi connectivity index (χ0v) is 11.8. The second kappa shape index (κ2) is 3.96. The van der Waals surface area contributed by atoms with Crippen molar-refractivity contribution in [2.45, 2.75) is 64.8 Å². The van der Waals surface area contributed by atoms with Gasteiger partial charge in [0.1, 0.15) is 13.7 Å². The highest BCUT2D eigenvalue weighted by atomic mass is 28.3. The molecule has 0 amide bonds. The summed E-state index contributed by atoms with van der Waals surface area (Å²) >= 11 is 0. The predicted octanol–water partition coefficient (Wildman–Crippen LogP) is 3.20. The van der Waals surface area contributed by atoms with E-state index < -0.39 is 13.7 Å². The molecule has 1 fully saturated rings. The van der Waals surface area contributed by atoms with Gasteiger partial charge in [-0.15, -0.1) is 5.54 Å². The summed E-state index contributed by atoms with van der Waals surface area (Å²) in [7, 11) is -1.37. The molecule has 1 atom stereocenters. The Kier molecular flexibility index (Phi) is 3.38. The first-order valence-electron chi connectivity index (χ1n) is 5.93. The first kappa shape index (κ1) is 12.8. The molecule has 1 unspecified atom stereocenters. The molecule has 0 spiro atoms. The van der Waals surface area contributed by atoms with Crippen LogP contribution in [0.25, 0.3) is 0 Å². The lowest BCUT2D eigenvalue weighted by molar-refractivity contribution is -0.0480. The van der Waals surface area contributed by atoms with Crippen molar-refractivity contribution in [3.05, 3.63) is 0 Å². The molecule has 0 radical (unpaired) electrons. The summed E-state index contributed by atoms with van der Waals surface area (Å²) in [5, 5.41) is 10.6. The zero-order valence-electron chi connectivity index (χ0n) is 10.8. The average molecular weight is 224 g/mol. The van der Waals surface area contributed by atoms with Crippen LogP contribution in [0.3, 0.4) is 0 Å². The molecule has 0 aromatic rings. The van der Waals surface area contributed by atoms with E-state index in [1.807, 2.05) is 0 Å². The molecule has 1 aliphatic carbocycles.